The molecule has 0 saturated carbocycles. The molecule has 1 amide bonds. The van der Waals surface area contributed by atoms with E-state index in [0.717, 1.165) is 28.5 Å². The molecule has 0 radical (unpaired) electrons. The molecular formula is C24H21ClF3IN3O3S-. The van der Waals surface area contributed by atoms with Gasteiger partial charge in [0.2, 0.25) is 0 Å². The van der Waals surface area contributed by atoms with Crippen LogP contribution in [0.3, 0.4) is 0 Å². The number of thioether (sulfide) groups is 1. The van der Waals surface area contributed by atoms with Crippen LogP contribution in [0.4, 0.5) is 13.2 Å². The van der Waals surface area contributed by atoms with Gasteiger partial charge in [0.05, 0.1) is 0 Å². The van der Waals surface area contributed by atoms with E-state index in [0.29, 0.717) is 10.8 Å². The normalized spacial score (nSPS) is 23.3. The van der Waals surface area contributed by atoms with Gasteiger partial charge in [-0.2, -0.15) is 0 Å². The Hall–Kier alpha value is -1.93. The van der Waals surface area contributed by atoms with Gasteiger partial charge in [-0.05, 0) is 0 Å². The number of alkyl halides is 4. The first-order valence-corrected chi connectivity index (χ1v) is 14.5. The number of rotatable bonds is 3. The van der Waals surface area contributed by atoms with Crippen molar-refractivity contribution in [1.82, 2.24) is 13.1 Å². The number of hydrazine groups is 1. The van der Waals surface area contributed by atoms with Crippen molar-refractivity contribution < 1.29 is 49.7 Å². The van der Waals surface area contributed by atoms with Crippen LogP contribution in [-0.2, 0) is 10.5 Å². The number of nitrogens with zero attached hydrogens (tertiary/aromatic N) is 3. The summed E-state index contributed by atoms with van der Waals surface area (Å²) in [4.78, 5) is 14.2. The molecule has 0 aliphatic carbocycles. The fourth-order valence-electron chi connectivity index (χ4n) is 4.36. The van der Waals surface area contributed by atoms with E-state index in [-0.39, 0.29) is 12.4 Å². The Labute approximate surface area is 225 Å². The van der Waals surface area contributed by atoms with Crippen LogP contribution >= 0.6 is 23.4 Å². The van der Waals surface area contributed by atoms with E-state index in [4.69, 9.17) is 11.6 Å². The van der Waals surface area contributed by atoms with Gasteiger partial charge >= 0.3 is 226 Å². The number of carbonyl (C=O) groups is 1. The van der Waals surface area contributed by atoms with E-state index in [1.165, 1.54) is 20.4 Å². The molecule has 3 heterocycles. The SMILES string of the molecule is C[C@@H]([I-]N1CN([C@H]2c3ccccc3CSc3c(Cl)cccc32)N2C=CC(O)C(O)=C2C1=O)C(F)(F)F. The first-order valence-electron chi connectivity index (χ1n) is 10.9. The molecule has 1 fully saturated rings. The molecule has 2 aromatic rings. The van der Waals surface area contributed by atoms with E-state index >= 15 is 0 Å². The van der Waals surface area contributed by atoms with Gasteiger partial charge in [-0.3, -0.25) is 0 Å². The molecule has 12 heteroatoms. The molecule has 3 aliphatic heterocycles. The first-order chi connectivity index (χ1) is 17.1. The van der Waals surface area contributed by atoms with Gasteiger partial charge < -0.3 is 0 Å². The zero-order valence-corrected chi connectivity index (χ0v) is 22.5. The number of aliphatic hydroxyl groups excluding tert-OH is 2. The van der Waals surface area contributed by atoms with E-state index in [9.17, 15) is 28.2 Å². The van der Waals surface area contributed by atoms with Gasteiger partial charge in [-0.15, -0.1) is 0 Å². The van der Waals surface area contributed by atoms with Crippen LogP contribution in [-0.4, -0.2) is 52.1 Å². The average molecular weight is 651 g/mol. The molecule has 1 unspecified atom stereocenters. The van der Waals surface area contributed by atoms with Gasteiger partial charge in [0, 0.05) is 0 Å². The Kier molecular flexibility index (Phi) is 6.96. The summed E-state index contributed by atoms with van der Waals surface area (Å²) in [5, 5.41) is 24.7. The molecule has 2 aromatic carbocycles. The molecule has 0 bridgehead atoms. The number of aliphatic hydroxyl groups is 2. The predicted octanol–water partition coefficient (Wildman–Crippen LogP) is 1.97. The molecule has 192 valence electrons. The third kappa shape index (κ3) is 4.49. The second-order valence-electron chi connectivity index (χ2n) is 8.42. The minimum absolute atomic E-state index is 0.126. The van der Waals surface area contributed by atoms with Gasteiger partial charge in [0.25, 0.3) is 0 Å². The Balaban J connectivity index is 1.68. The molecule has 3 aliphatic rings. The summed E-state index contributed by atoms with van der Waals surface area (Å²) in [5.41, 5.74) is 2.54. The average Bonchev–Trinajstić information content (AvgIpc) is 3.00. The van der Waals surface area contributed by atoms with Crippen molar-refractivity contribution in [3.63, 3.8) is 0 Å². The van der Waals surface area contributed by atoms with E-state index in [1.54, 1.807) is 22.8 Å². The van der Waals surface area contributed by atoms with Crippen LogP contribution in [0.15, 0.2) is 71.1 Å². The molecule has 1 saturated heterocycles. The molecule has 0 aromatic heterocycles. The van der Waals surface area contributed by atoms with Crippen molar-refractivity contribution >= 4 is 29.3 Å². The summed E-state index contributed by atoms with van der Waals surface area (Å²) in [5.74, 6) is -0.692. The van der Waals surface area contributed by atoms with Crippen molar-refractivity contribution in [2.24, 2.45) is 0 Å². The predicted molar refractivity (Wildman–Crippen MR) is 125 cm³/mol. The van der Waals surface area contributed by atoms with Crippen LogP contribution in [0.25, 0.3) is 0 Å². The Morgan fingerprint density at radius 2 is 1.89 bits per heavy atom. The quantitative estimate of drug-likeness (QED) is 0.301. The molecule has 2 N–H and O–H groups in total. The Bertz CT molecular complexity index is 1270. The van der Waals surface area contributed by atoms with Crippen LogP contribution in [0.5, 0.6) is 0 Å². The van der Waals surface area contributed by atoms with Crippen LogP contribution in [0, 0.1) is 0 Å². The summed E-state index contributed by atoms with van der Waals surface area (Å²) in [6.45, 7) is 0.938. The van der Waals surface area contributed by atoms with Crippen molar-refractivity contribution in [2.45, 2.75) is 39.8 Å². The fraction of sp³-hybridized carbons (Fsp3) is 0.292. The maximum absolute atomic E-state index is 13.5. The molecule has 36 heavy (non-hydrogen) atoms. The van der Waals surface area contributed by atoms with Crippen molar-refractivity contribution in [2.75, 3.05) is 6.67 Å². The van der Waals surface area contributed by atoms with Crippen LogP contribution in [0.1, 0.15) is 29.7 Å². The number of benzene rings is 2. The zero-order chi connectivity index (χ0) is 25.8. The third-order valence-corrected chi connectivity index (χ3v) is 10.7. The Morgan fingerprint density at radius 1 is 1.17 bits per heavy atom. The summed E-state index contributed by atoms with van der Waals surface area (Å²) in [6, 6.07) is 12.8. The molecule has 6 nitrogen and oxygen atoms in total. The number of amides is 1. The molecular weight excluding hydrogens is 630 g/mol. The minimum atomic E-state index is -4.45. The summed E-state index contributed by atoms with van der Waals surface area (Å²) < 4.78 is 39.9. The van der Waals surface area contributed by atoms with E-state index in [2.05, 4.69) is 0 Å². The number of carbonyl (C=O) groups excluding carboxylic acids is 1. The van der Waals surface area contributed by atoms with Crippen molar-refractivity contribution in [1.29, 1.82) is 0 Å². The molecule has 3 atom stereocenters. The zero-order valence-electron chi connectivity index (χ0n) is 18.8. The maximum atomic E-state index is 13.5. The third-order valence-electron chi connectivity index (χ3n) is 6.16. The molecule has 0 spiro atoms. The van der Waals surface area contributed by atoms with E-state index < -0.39 is 55.4 Å². The standard InChI is InChI=1S/C24H21ClF3IN3O3S/c1-13(24(26,27)28)29-30-12-32(31-10-9-18(33)21(34)20(31)23(30)35)19-15-6-3-2-5-14(15)11-36-22-16(19)7-4-8-17(22)25/h2-10,13,18-19,33-34H,11-12H2,1H3/q-1/t13-,18?,19+/m1/s1. The summed E-state index contributed by atoms with van der Waals surface area (Å²) >= 11 is 6.30. The summed E-state index contributed by atoms with van der Waals surface area (Å²) in [7, 11) is 0. The number of fused-ring (bicyclic) bond motifs is 3. The van der Waals surface area contributed by atoms with E-state index in [1.807, 2.05) is 36.4 Å². The van der Waals surface area contributed by atoms with Gasteiger partial charge in [-0.25, -0.2) is 0 Å². The van der Waals surface area contributed by atoms with Crippen molar-refractivity contribution in [3.8, 4) is 0 Å². The first kappa shape index (κ1) is 25.7. The van der Waals surface area contributed by atoms with Crippen LogP contribution < -0.4 is 21.5 Å². The monoisotopic (exact) mass is 650 g/mol. The van der Waals surface area contributed by atoms with Crippen LogP contribution in [0.2, 0.25) is 5.02 Å². The van der Waals surface area contributed by atoms with Gasteiger partial charge in [0.1, 0.15) is 0 Å². The topological polar surface area (TPSA) is 67.2 Å². The summed E-state index contributed by atoms with van der Waals surface area (Å²) in [6.07, 6.45) is -3.08. The van der Waals surface area contributed by atoms with Gasteiger partial charge in [0.15, 0.2) is 0 Å². The fourth-order valence-corrected chi connectivity index (χ4v) is 8.11. The second kappa shape index (κ2) is 9.75. The van der Waals surface area contributed by atoms with Crippen molar-refractivity contribution in [3.05, 3.63) is 87.9 Å². The number of hydrogen-bond acceptors (Lipinski definition) is 6. The van der Waals surface area contributed by atoms with Gasteiger partial charge in [-0.1, -0.05) is 0 Å². The Morgan fingerprint density at radius 3 is 2.64 bits per heavy atom. The molecule has 5 rings (SSSR count). The second-order valence-corrected chi connectivity index (χ2v) is 13.4. The number of hydrogen-bond donors (Lipinski definition) is 2. The number of halogens is 5.